The van der Waals surface area contributed by atoms with Gasteiger partial charge >= 0.3 is 0 Å². The molecular weight excluding hydrogens is 562 g/mol. The molecule has 8 rings (SSSR count). The second-order valence-corrected chi connectivity index (χ2v) is 14.2. The predicted octanol–water partition coefficient (Wildman–Crippen LogP) is 4.55. The third-order valence-electron chi connectivity index (χ3n) is 10.5. The lowest BCUT2D eigenvalue weighted by Gasteiger charge is -2.39. The molecule has 12 heteroatoms. The summed E-state index contributed by atoms with van der Waals surface area (Å²) in [5.74, 6) is 1.98. The van der Waals surface area contributed by atoms with Crippen LogP contribution in [0.5, 0.6) is 0 Å². The van der Waals surface area contributed by atoms with Gasteiger partial charge in [0.25, 0.3) is 0 Å². The van der Waals surface area contributed by atoms with E-state index in [4.69, 9.17) is 25.3 Å². The van der Waals surface area contributed by atoms with Gasteiger partial charge in [0.05, 0.1) is 34.2 Å². The quantitative estimate of drug-likeness (QED) is 0.287. The summed E-state index contributed by atoms with van der Waals surface area (Å²) in [4.78, 5) is 13.7. The van der Waals surface area contributed by atoms with Crippen molar-refractivity contribution < 1.29 is 9.63 Å². The van der Waals surface area contributed by atoms with Gasteiger partial charge in [-0.1, -0.05) is 5.16 Å². The number of thiophene rings is 1. The number of hydrogen-bond donors (Lipinski definition) is 3. The number of aliphatic hydroxyl groups is 1. The number of likely N-dealkylation sites (N-methyl/N-ethyl adjacent to an activating group) is 1. The largest absolute Gasteiger partial charge is 0.389 e. The Labute approximate surface area is 254 Å². The number of hydrogen-bond acceptors (Lipinski definition) is 11. The van der Waals surface area contributed by atoms with Gasteiger partial charge in [-0.2, -0.15) is 10.4 Å². The van der Waals surface area contributed by atoms with Crippen molar-refractivity contribution in [1.29, 1.82) is 5.26 Å². The van der Waals surface area contributed by atoms with E-state index in [0.29, 0.717) is 40.5 Å². The number of nitrogens with zero attached hydrogens (tertiary/aromatic N) is 7. The van der Waals surface area contributed by atoms with Crippen molar-refractivity contribution in [2.45, 2.75) is 94.2 Å². The van der Waals surface area contributed by atoms with Crippen LogP contribution >= 0.6 is 11.3 Å². The first kappa shape index (κ1) is 27.0. The average Bonchev–Trinajstić information content (AvgIpc) is 3.45. The Morgan fingerprint density at radius 2 is 2.05 bits per heavy atom. The summed E-state index contributed by atoms with van der Waals surface area (Å²) in [6, 6.07) is 2.89. The second-order valence-electron chi connectivity index (χ2n) is 13.1. The highest BCUT2D eigenvalue weighted by atomic mass is 32.1. The number of nitriles is 1. The van der Waals surface area contributed by atoms with E-state index in [2.05, 4.69) is 35.4 Å². The Hall–Kier alpha value is -3.53. The summed E-state index contributed by atoms with van der Waals surface area (Å²) in [5.41, 5.74) is 9.33. The fourth-order valence-corrected chi connectivity index (χ4v) is 9.12. The molecule has 1 aliphatic heterocycles. The van der Waals surface area contributed by atoms with Crippen molar-refractivity contribution in [2.75, 3.05) is 31.2 Å². The summed E-state index contributed by atoms with van der Waals surface area (Å²) in [6.45, 7) is 3.71. The first-order valence-corrected chi connectivity index (χ1v) is 16.4. The highest BCUT2D eigenvalue weighted by Crippen LogP contribution is 2.55. The molecule has 0 aromatic carbocycles. The zero-order valence-corrected chi connectivity index (χ0v) is 25.5. The number of likely N-dealkylation sites (tertiary alicyclic amines) is 1. The fourth-order valence-electron chi connectivity index (χ4n) is 7.96. The van der Waals surface area contributed by atoms with Crippen molar-refractivity contribution >= 4 is 33.2 Å². The van der Waals surface area contributed by atoms with Gasteiger partial charge in [-0.3, -0.25) is 0 Å². The molecule has 3 atom stereocenters. The standard InChI is InChI=1S/C31H37N9O2S/c1-17(21-7-5-13-39(21)2)40-29-20(15-35-40)27(34-16-30(41)11-12-30)36-28(37-29)24-18-6-3-9-31(25(18)42-38-24)10-4-8-22-23(31)19(14-32)26(33)43-22/h15,17,21,41H,3-13,16,33H2,1-2H3,(H,34,36,37). The molecule has 4 aromatic rings. The Kier molecular flexibility index (Phi) is 6.13. The van der Waals surface area contributed by atoms with Crippen LogP contribution in [0, 0.1) is 11.3 Å². The third kappa shape index (κ3) is 4.12. The molecule has 3 aliphatic carbocycles. The molecule has 4 aromatic heterocycles. The van der Waals surface area contributed by atoms with Crippen molar-refractivity contribution in [3.63, 3.8) is 0 Å². The Morgan fingerprint density at radius 3 is 2.79 bits per heavy atom. The molecule has 11 nitrogen and oxygen atoms in total. The van der Waals surface area contributed by atoms with Gasteiger partial charge in [-0.15, -0.1) is 11.3 Å². The van der Waals surface area contributed by atoms with Crippen molar-refractivity contribution in [3.05, 3.63) is 33.5 Å². The van der Waals surface area contributed by atoms with Gasteiger partial charge in [0.1, 0.15) is 16.9 Å². The van der Waals surface area contributed by atoms with Crippen LogP contribution in [-0.4, -0.2) is 66.7 Å². The van der Waals surface area contributed by atoms with Crippen LogP contribution in [0.3, 0.4) is 0 Å². The Balaban J connectivity index is 1.26. The van der Waals surface area contributed by atoms with E-state index in [1.165, 1.54) is 11.3 Å². The van der Waals surface area contributed by atoms with Crippen molar-refractivity contribution in [2.24, 2.45) is 0 Å². The van der Waals surface area contributed by atoms with Crippen LogP contribution < -0.4 is 11.1 Å². The highest BCUT2D eigenvalue weighted by Gasteiger charge is 2.49. The van der Waals surface area contributed by atoms with Gasteiger partial charge in [0, 0.05) is 23.0 Å². The van der Waals surface area contributed by atoms with Crippen molar-refractivity contribution in [3.8, 4) is 17.6 Å². The molecule has 224 valence electrons. The summed E-state index contributed by atoms with van der Waals surface area (Å²) in [6.07, 6.45) is 11.2. The minimum atomic E-state index is -0.688. The van der Waals surface area contributed by atoms with Crippen LogP contribution in [0.1, 0.15) is 91.7 Å². The zero-order valence-electron chi connectivity index (χ0n) is 24.7. The lowest BCUT2D eigenvalue weighted by atomic mass is 9.63. The van der Waals surface area contributed by atoms with Crippen molar-refractivity contribution in [1.82, 2.24) is 29.8 Å². The van der Waals surface area contributed by atoms with Gasteiger partial charge in [0.15, 0.2) is 22.9 Å². The molecule has 5 heterocycles. The first-order valence-electron chi connectivity index (χ1n) is 15.5. The molecule has 0 bridgehead atoms. The average molecular weight is 600 g/mol. The zero-order chi connectivity index (χ0) is 29.5. The molecule has 4 N–H and O–H groups in total. The normalized spacial score (nSPS) is 25.0. The topological polar surface area (TPSA) is 155 Å². The van der Waals surface area contributed by atoms with E-state index in [-0.39, 0.29) is 6.04 Å². The monoisotopic (exact) mass is 599 g/mol. The van der Waals surface area contributed by atoms with E-state index < -0.39 is 11.0 Å². The van der Waals surface area contributed by atoms with Crippen LogP contribution in [-0.2, 0) is 18.3 Å². The first-order chi connectivity index (χ1) is 20.8. The van der Waals surface area contributed by atoms with Crippen LogP contribution in [0.15, 0.2) is 10.7 Å². The molecule has 1 spiro atoms. The van der Waals surface area contributed by atoms with Crippen LogP contribution in [0.4, 0.5) is 10.8 Å². The van der Waals surface area contributed by atoms with Gasteiger partial charge < -0.3 is 25.6 Å². The number of aromatic nitrogens is 5. The third-order valence-corrected chi connectivity index (χ3v) is 11.5. The van der Waals surface area contributed by atoms with Crippen LogP contribution in [0.2, 0.25) is 0 Å². The molecule has 2 fully saturated rings. The lowest BCUT2D eigenvalue weighted by Crippen LogP contribution is -2.35. The van der Waals surface area contributed by atoms with Gasteiger partial charge in [-0.25, -0.2) is 14.6 Å². The number of nitrogens with two attached hydrogens (primary N) is 1. The minimum Gasteiger partial charge on any atom is -0.389 e. The lowest BCUT2D eigenvalue weighted by molar-refractivity contribution is 0.164. The number of fused-ring (bicyclic) bond motifs is 5. The second kappa shape index (κ2) is 9.74. The maximum Gasteiger partial charge on any atom is 0.186 e. The Morgan fingerprint density at radius 1 is 1.23 bits per heavy atom. The number of nitrogen functional groups attached to an aromatic ring is 1. The summed E-state index contributed by atoms with van der Waals surface area (Å²) in [5, 5.41) is 35.0. The maximum atomic E-state index is 10.6. The maximum absolute atomic E-state index is 10.6. The molecule has 0 amide bonds. The number of nitrogens with one attached hydrogen (secondary N) is 1. The minimum absolute atomic E-state index is 0.122. The molecule has 1 saturated carbocycles. The number of anilines is 2. The summed E-state index contributed by atoms with van der Waals surface area (Å²) < 4.78 is 8.29. The predicted molar refractivity (Wildman–Crippen MR) is 164 cm³/mol. The summed E-state index contributed by atoms with van der Waals surface area (Å²) >= 11 is 1.55. The van der Waals surface area contributed by atoms with Crippen LogP contribution in [0.25, 0.3) is 22.6 Å². The number of rotatable bonds is 6. The number of aryl methyl sites for hydroxylation is 1. The van der Waals surface area contributed by atoms with E-state index >= 15 is 0 Å². The van der Waals surface area contributed by atoms with E-state index in [9.17, 15) is 10.4 Å². The van der Waals surface area contributed by atoms with Gasteiger partial charge in [0.2, 0.25) is 0 Å². The summed E-state index contributed by atoms with van der Waals surface area (Å²) in [7, 11) is 2.18. The van der Waals surface area contributed by atoms with E-state index in [1.54, 1.807) is 11.3 Å². The Bertz CT molecular complexity index is 1780. The van der Waals surface area contributed by atoms with E-state index in [0.717, 1.165) is 92.3 Å². The molecular formula is C31H37N9O2S. The molecule has 1 saturated heterocycles. The molecule has 0 radical (unpaired) electrons. The van der Waals surface area contributed by atoms with E-state index in [1.807, 2.05) is 10.9 Å². The molecule has 4 aliphatic rings. The smallest absolute Gasteiger partial charge is 0.186 e. The van der Waals surface area contributed by atoms with Gasteiger partial charge in [-0.05, 0) is 90.3 Å². The molecule has 3 unspecified atom stereocenters. The highest BCUT2D eigenvalue weighted by molar-refractivity contribution is 7.16. The SMILES string of the molecule is CC(C1CCCN1C)n1ncc2c(NCC3(O)CC3)nc(-c3noc4c3CCCC43CCCc4sc(N)c(C#N)c43)nc21. The fraction of sp³-hybridized carbons (Fsp3) is 0.581. The molecule has 43 heavy (non-hydrogen) atoms.